The van der Waals surface area contributed by atoms with Crippen LogP contribution in [0.4, 0.5) is 0 Å². The number of pyridine rings is 1. The van der Waals surface area contributed by atoms with E-state index in [1.807, 2.05) is 0 Å². The molecule has 6 heteroatoms. The van der Waals surface area contributed by atoms with Crippen molar-refractivity contribution < 1.29 is 9.59 Å². The molecule has 1 heterocycles. The minimum atomic E-state index is -0.538. The molecule has 1 unspecified atom stereocenters. The standard InChI is InChI=1S/C11H16N4O2/c1-8(12)10(16)14-5-6-15-11(17)9-3-2-4-13-7-9/h2-4,7-8H,5-6,12H2,1H3,(H,14,16)(H,15,17). The maximum atomic E-state index is 11.5. The molecule has 1 rings (SSSR count). The van der Waals surface area contributed by atoms with E-state index in [2.05, 4.69) is 15.6 Å². The smallest absolute Gasteiger partial charge is 0.252 e. The van der Waals surface area contributed by atoms with E-state index in [1.54, 1.807) is 25.3 Å². The van der Waals surface area contributed by atoms with E-state index < -0.39 is 6.04 Å². The Hall–Kier alpha value is -1.95. The molecule has 0 saturated heterocycles. The molecule has 17 heavy (non-hydrogen) atoms. The molecule has 1 aromatic heterocycles. The average molecular weight is 236 g/mol. The summed E-state index contributed by atoms with van der Waals surface area (Å²) in [7, 11) is 0. The van der Waals surface area contributed by atoms with E-state index in [0.717, 1.165) is 0 Å². The highest BCUT2D eigenvalue weighted by Crippen LogP contribution is 1.93. The van der Waals surface area contributed by atoms with Gasteiger partial charge in [-0.25, -0.2) is 0 Å². The third-order valence-corrected chi connectivity index (χ3v) is 2.05. The zero-order chi connectivity index (χ0) is 12.7. The van der Waals surface area contributed by atoms with Crippen LogP contribution < -0.4 is 16.4 Å². The maximum Gasteiger partial charge on any atom is 0.252 e. The van der Waals surface area contributed by atoms with Crippen molar-refractivity contribution >= 4 is 11.8 Å². The molecule has 0 fully saturated rings. The monoisotopic (exact) mass is 236 g/mol. The highest BCUT2D eigenvalue weighted by molar-refractivity contribution is 5.93. The highest BCUT2D eigenvalue weighted by Gasteiger charge is 2.07. The van der Waals surface area contributed by atoms with Gasteiger partial charge in [0.05, 0.1) is 11.6 Å². The number of carbonyl (C=O) groups is 2. The van der Waals surface area contributed by atoms with Gasteiger partial charge < -0.3 is 16.4 Å². The van der Waals surface area contributed by atoms with Crippen LogP contribution in [0.25, 0.3) is 0 Å². The molecule has 92 valence electrons. The topological polar surface area (TPSA) is 97.1 Å². The van der Waals surface area contributed by atoms with Crippen LogP contribution in [0.5, 0.6) is 0 Å². The Labute approximate surface area is 99.6 Å². The molecule has 1 atom stereocenters. The van der Waals surface area contributed by atoms with Crippen molar-refractivity contribution in [1.29, 1.82) is 0 Å². The number of amides is 2. The molecule has 6 nitrogen and oxygen atoms in total. The summed E-state index contributed by atoms with van der Waals surface area (Å²) in [6.45, 7) is 2.31. The number of nitrogens with zero attached hydrogens (tertiary/aromatic N) is 1. The largest absolute Gasteiger partial charge is 0.353 e. The summed E-state index contributed by atoms with van der Waals surface area (Å²) in [5, 5.41) is 5.25. The fourth-order valence-electron chi connectivity index (χ4n) is 1.12. The second kappa shape index (κ2) is 6.59. The quantitative estimate of drug-likeness (QED) is 0.587. The lowest BCUT2D eigenvalue weighted by Gasteiger charge is -2.08. The third-order valence-electron chi connectivity index (χ3n) is 2.05. The van der Waals surface area contributed by atoms with Crippen LogP contribution in [0.3, 0.4) is 0 Å². The molecule has 0 spiro atoms. The molecule has 4 N–H and O–H groups in total. The zero-order valence-electron chi connectivity index (χ0n) is 9.64. The fraction of sp³-hybridized carbons (Fsp3) is 0.364. The Morgan fingerprint density at radius 3 is 2.71 bits per heavy atom. The van der Waals surface area contributed by atoms with E-state index in [1.165, 1.54) is 6.20 Å². The fourth-order valence-corrected chi connectivity index (χ4v) is 1.12. The van der Waals surface area contributed by atoms with E-state index in [-0.39, 0.29) is 11.8 Å². The lowest BCUT2D eigenvalue weighted by molar-refractivity contribution is -0.121. The van der Waals surface area contributed by atoms with Crippen LogP contribution in [-0.4, -0.2) is 35.9 Å². The van der Waals surface area contributed by atoms with Gasteiger partial charge in [0.25, 0.3) is 5.91 Å². The van der Waals surface area contributed by atoms with Gasteiger partial charge in [-0.1, -0.05) is 0 Å². The first-order valence-corrected chi connectivity index (χ1v) is 5.33. The van der Waals surface area contributed by atoms with Crippen LogP contribution in [-0.2, 0) is 4.79 Å². The van der Waals surface area contributed by atoms with Crippen molar-refractivity contribution in [3.63, 3.8) is 0 Å². The van der Waals surface area contributed by atoms with Gasteiger partial charge in [-0.15, -0.1) is 0 Å². The molecule has 0 aliphatic carbocycles. The Morgan fingerprint density at radius 2 is 2.12 bits per heavy atom. The predicted molar refractivity (Wildman–Crippen MR) is 63.2 cm³/mol. The molecular weight excluding hydrogens is 220 g/mol. The molecule has 0 radical (unpaired) electrons. The van der Waals surface area contributed by atoms with Crippen molar-refractivity contribution in [2.24, 2.45) is 5.73 Å². The zero-order valence-corrected chi connectivity index (χ0v) is 9.64. The molecule has 0 aromatic carbocycles. The second-order valence-corrected chi connectivity index (χ2v) is 3.58. The SMILES string of the molecule is CC(N)C(=O)NCCNC(=O)c1cccnc1. The summed E-state index contributed by atoms with van der Waals surface area (Å²) in [4.78, 5) is 26.5. The van der Waals surface area contributed by atoms with Crippen molar-refractivity contribution in [2.45, 2.75) is 13.0 Å². The third kappa shape index (κ3) is 4.60. The van der Waals surface area contributed by atoms with Gasteiger partial charge in [-0.3, -0.25) is 14.6 Å². The number of hydrogen-bond donors (Lipinski definition) is 3. The van der Waals surface area contributed by atoms with E-state index >= 15 is 0 Å². The van der Waals surface area contributed by atoms with Crippen molar-refractivity contribution in [1.82, 2.24) is 15.6 Å². The minimum absolute atomic E-state index is 0.215. The molecule has 0 saturated carbocycles. The number of aromatic nitrogens is 1. The van der Waals surface area contributed by atoms with Crippen molar-refractivity contribution in [3.05, 3.63) is 30.1 Å². The van der Waals surface area contributed by atoms with Crippen LogP contribution >= 0.6 is 0 Å². The van der Waals surface area contributed by atoms with Gasteiger partial charge in [-0.05, 0) is 19.1 Å². The molecule has 1 aromatic rings. The van der Waals surface area contributed by atoms with Gasteiger partial charge in [0, 0.05) is 25.5 Å². The summed E-state index contributed by atoms with van der Waals surface area (Å²) in [6.07, 6.45) is 3.08. The van der Waals surface area contributed by atoms with Crippen LogP contribution in [0, 0.1) is 0 Å². The van der Waals surface area contributed by atoms with Gasteiger partial charge >= 0.3 is 0 Å². The summed E-state index contributed by atoms with van der Waals surface area (Å²) in [6, 6.07) is 2.82. The lowest BCUT2D eigenvalue weighted by Crippen LogP contribution is -2.42. The van der Waals surface area contributed by atoms with E-state index in [4.69, 9.17) is 5.73 Å². The Balaban J connectivity index is 2.24. The lowest BCUT2D eigenvalue weighted by atomic mass is 10.3. The number of carbonyl (C=O) groups excluding carboxylic acids is 2. The molecule has 0 aliphatic rings. The molecule has 0 bridgehead atoms. The minimum Gasteiger partial charge on any atom is -0.353 e. The van der Waals surface area contributed by atoms with Gasteiger partial charge in [-0.2, -0.15) is 0 Å². The number of nitrogens with one attached hydrogen (secondary N) is 2. The first-order chi connectivity index (χ1) is 8.11. The summed E-state index contributed by atoms with van der Waals surface area (Å²) >= 11 is 0. The summed E-state index contributed by atoms with van der Waals surface area (Å²) in [5.74, 6) is -0.450. The summed E-state index contributed by atoms with van der Waals surface area (Å²) in [5.41, 5.74) is 5.85. The van der Waals surface area contributed by atoms with Crippen molar-refractivity contribution in [3.8, 4) is 0 Å². The Kier molecular flexibility index (Phi) is 5.09. The molecule has 0 aliphatic heterocycles. The van der Waals surface area contributed by atoms with E-state index in [9.17, 15) is 9.59 Å². The maximum absolute atomic E-state index is 11.5. The van der Waals surface area contributed by atoms with Crippen molar-refractivity contribution in [2.75, 3.05) is 13.1 Å². The van der Waals surface area contributed by atoms with E-state index in [0.29, 0.717) is 18.7 Å². The Morgan fingerprint density at radius 1 is 1.41 bits per heavy atom. The average Bonchev–Trinajstić information content (AvgIpc) is 2.35. The Bertz CT molecular complexity index is 378. The van der Waals surface area contributed by atoms with Gasteiger partial charge in [0.2, 0.25) is 5.91 Å². The highest BCUT2D eigenvalue weighted by atomic mass is 16.2. The summed E-state index contributed by atoms with van der Waals surface area (Å²) < 4.78 is 0. The van der Waals surface area contributed by atoms with Crippen LogP contribution in [0.2, 0.25) is 0 Å². The predicted octanol–water partition coefficient (Wildman–Crippen LogP) is -0.725. The second-order valence-electron chi connectivity index (χ2n) is 3.58. The number of rotatable bonds is 5. The van der Waals surface area contributed by atoms with Gasteiger partial charge in [0.15, 0.2) is 0 Å². The van der Waals surface area contributed by atoms with Crippen LogP contribution in [0.15, 0.2) is 24.5 Å². The van der Waals surface area contributed by atoms with Gasteiger partial charge in [0.1, 0.15) is 0 Å². The number of nitrogens with two attached hydrogens (primary N) is 1. The van der Waals surface area contributed by atoms with Crippen LogP contribution in [0.1, 0.15) is 17.3 Å². The first kappa shape index (κ1) is 13.1. The number of hydrogen-bond acceptors (Lipinski definition) is 4. The molecule has 2 amide bonds. The molecular formula is C11H16N4O2. The first-order valence-electron chi connectivity index (χ1n) is 5.33. The normalized spacial score (nSPS) is 11.6.